The van der Waals surface area contributed by atoms with E-state index >= 15 is 0 Å². The van der Waals surface area contributed by atoms with Crippen molar-refractivity contribution in [1.82, 2.24) is 24.4 Å². The highest BCUT2D eigenvalue weighted by Gasteiger charge is 2.23. The molecule has 3 aromatic heterocycles. The summed E-state index contributed by atoms with van der Waals surface area (Å²) in [5.41, 5.74) is 4.56. The van der Waals surface area contributed by atoms with Crippen molar-refractivity contribution in [3.05, 3.63) is 57.9 Å². The number of rotatable bonds is 6. The Balaban J connectivity index is 1.56. The van der Waals surface area contributed by atoms with E-state index in [4.69, 9.17) is 0 Å². The van der Waals surface area contributed by atoms with E-state index in [1.54, 1.807) is 42.5 Å². The molecule has 0 saturated carbocycles. The second kappa shape index (κ2) is 8.22. The third-order valence-corrected chi connectivity index (χ3v) is 6.13. The quantitative estimate of drug-likeness (QED) is 0.448. The predicted octanol–water partition coefficient (Wildman–Crippen LogP) is 5.16. The van der Waals surface area contributed by atoms with Crippen LogP contribution in [0.5, 0.6) is 0 Å². The fraction of sp³-hybridized carbons (Fsp3) is 0.318. The molecule has 0 aliphatic rings. The van der Waals surface area contributed by atoms with Crippen molar-refractivity contribution in [2.45, 2.75) is 46.8 Å². The van der Waals surface area contributed by atoms with Crippen LogP contribution in [0.2, 0.25) is 0 Å². The molecule has 0 aliphatic heterocycles. The molecular formula is C22H23F2N5OS. The van der Waals surface area contributed by atoms with E-state index in [-0.39, 0.29) is 18.3 Å². The molecule has 0 bridgehead atoms. The number of carbonyl (C=O) groups is 1. The second-order valence-electron chi connectivity index (χ2n) is 7.52. The number of alkyl halides is 2. The number of nitrogens with one attached hydrogen (secondary N) is 1. The highest BCUT2D eigenvalue weighted by atomic mass is 32.1. The molecule has 162 valence electrons. The molecule has 1 N–H and O–H groups in total. The van der Waals surface area contributed by atoms with Gasteiger partial charge in [0.2, 0.25) is 5.91 Å². The Morgan fingerprint density at radius 3 is 2.61 bits per heavy atom. The van der Waals surface area contributed by atoms with Crippen molar-refractivity contribution in [2.24, 2.45) is 0 Å². The van der Waals surface area contributed by atoms with Crippen LogP contribution in [0.15, 0.2) is 35.7 Å². The SMILES string of the molecule is Cc1nc(-c2cc(C)n(CC(=O)NC(C)c3nc4ccccc4n3C(F)F)c2C)cs1. The number of amides is 1. The summed E-state index contributed by atoms with van der Waals surface area (Å²) in [5.74, 6) is -0.146. The molecule has 4 rings (SSSR count). The lowest BCUT2D eigenvalue weighted by molar-refractivity contribution is -0.122. The topological polar surface area (TPSA) is 64.7 Å². The smallest absolute Gasteiger partial charge is 0.320 e. The molecule has 1 amide bonds. The van der Waals surface area contributed by atoms with Crippen molar-refractivity contribution in [3.63, 3.8) is 0 Å². The number of para-hydroxylation sites is 2. The molecule has 0 fully saturated rings. The Morgan fingerprint density at radius 1 is 1.19 bits per heavy atom. The normalized spacial score (nSPS) is 12.6. The molecule has 0 spiro atoms. The Bertz CT molecular complexity index is 1260. The van der Waals surface area contributed by atoms with Gasteiger partial charge in [0.15, 0.2) is 0 Å². The Kier molecular flexibility index (Phi) is 5.62. The van der Waals surface area contributed by atoms with Crippen LogP contribution in [0, 0.1) is 20.8 Å². The van der Waals surface area contributed by atoms with E-state index in [2.05, 4.69) is 15.3 Å². The van der Waals surface area contributed by atoms with Crippen molar-refractivity contribution in [2.75, 3.05) is 0 Å². The molecular weight excluding hydrogens is 420 g/mol. The maximum absolute atomic E-state index is 13.7. The number of aromatic nitrogens is 4. The summed E-state index contributed by atoms with van der Waals surface area (Å²) >= 11 is 1.58. The van der Waals surface area contributed by atoms with Gasteiger partial charge in [-0.15, -0.1) is 11.3 Å². The first kappa shape index (κ1) is 21.2. The summed E-state index contributed by atoms with van der Waals surface area (Å²) in [4.78, 5) is 21.6. The molecule has 31 heavy (non-hydrogen) atoms. The lowest BCUT2D eigenvalue weighted by Gasteiger charge is -2.17. The molecule has 6 nitrogen and oxygen atoms in total. The lowest BCUT2D eigenvalue weighted by Crippen LogP contribution is -2.32. The zero-order valence-corrected chi connectivity index (χ0v) is 18.5. The van der Waals surface area contributed by atoms with E-state index in [9.17, 15) is 13.6 Å². The van der Waals surface area contributed by atoms with Gasteiger partial charge in [0.1, 0.15) is 12.4 Å². The largest absolute Gasteiger partial charge is 0.345 e. The third-order valence-electron chi connectivity index (χ3n) is 5.35. The molecule has 0 radical (unpaired) electrons. The average molecular weight is 444 g/mol. The Hall–Kier alpha value is -3.07. The van der Waals surface area contributed by atoms with Crippen LogP contribution in [0.1, 0.15) is 41.7 Å². The number of aryl methyl sites for hydroxylation is 2. The van der Waals surface area contributed by atoms with Crippen molar-refractivity contribution in [1.29, 1.82) is 0 Å². The average Bonchev–Trinajstić information content (AvgIpc) is 3.39. The maximum atomic E-state index is 13.7. The minimum absolute atomic E-state index is 0.0834. The van der Waals surface area contributed by atoms with Crippen LogP contribution in [-0.2, 0) is 11.3 Å². The molecule has 4 aromatic rings. The first-order valence-corrected chi connectivity index (χ1v) is 10.8. The minimum Gasteiger partial charge on any atom is -0.345 e. The first-order valence-electron chi connectivity index (χ1n) is 9.90. The van der Waals surface area contributed by atoms with Crippen LogP contribution in [0.3, 0.4) is 0 Å². The molecule has 1 unspecified atom stereocenters. The molecule has 3 heterocycles. The summed E-state index contributed by atoms with van der Waals surface area (Å²) in [6.45, 7) is 4.83. The van der Waals surface area contributed by atoms with Crippen molar-refractivity contribution < 1.29 is 13.6 Å². The number of hydrogen-bond acceptors (Lipinski definition) is 4. The molecule has 0 aliphatic carbocycles. The van der Waals surface area contributed by atoms with E-state index in [1.165, 1.54) is 0 Å². The number of carbonyl (C=O) groups excluding carboxylic acids is 1. The second-order valence-corrected chi connectivity index (χ2v) is 8.58. The van der Waals surface area contributed by atoms with Crippen LogP contribution >= 0.6 is 11.3 Å². The molecule has 0 saturated heterocycles. The number of thiazole rings is 1. The zero-order chi connectivity index (χ0) is 22.3. The Morgan fingerprint density at radius 2 is 1.94 bits per heavy atom. The van der Waals surface area contributed by atoms with Crippen LogP contribution < -0.4 is 5.32 Å². The number of fused-ring (bicyclic) bond motifs is 1. The van der Waals surface area contributed by atoms with Gasteiger partial charge in [-0.1, -0.05) is 12.1 Å². The van der Waals surface area contributed by atoms with E-state index in [0.29, 0.717) is 11.0 Å². The zero-order valence-electron chi connectivity index (χ0n) is 17.7. The van der Waals surface area contributed by atoms with Gasteiger partial charge in [0.25, 0.3) is 0 Å². The molecule has 1 atom stereocenters. The summed E-state index contributed by atoms with van der Waals surface area (Å²) < 4.78 is 30.2. The molecule has 9 heteroatoms. The Labute approximate surface area is 182 Å². The fourth-order valence-electron chi connectivity index (χ4n) is 3.86. The standard InChI is InChI=1S/C22H23F2N5OS/c1-12-9-16(18-11-31-15(4)26-18)14(3)28(12)10-20(30)25-13(2)21-27-17-7-5-6-8-19(17)29(21)22(23)24/h5-9,11,13,22H,10H2,1-4H3,(H,25,30). The van der Waals surface area contributed by atoms with Gasteiger partial charge in [-0.3, -0.25) is 9.36 Å². The molecule has 1 aromatic carbocycles. The predicted molar refractivity (Wildman–Crippen MR) is 117 cm³/mol. The lowest BCUT2D eigenvalue weighted by atomic mass is 10.2. The van der Waals surface area contributed by atoms with Gasteiger partial charge in [-0.05, 0) is 45.9 Å². The van der Waals surface area contributed by atoms with Crippen LogP contribution in [0.25, 0.3) is 22.3 Å². The monoisotopic (exact) mass is 443 g/mol. The summed E-state index contributed by atoms with van der Waals surface area (Å²) in [6.07, 6.45) is 0. The van der Waals surface area contributed by atoms with Gasteiger partial charge in [-0.25, -0.2) is 9.97 Å². The fourth-order valence-corrected chi connectivity index (χ4v) is 4.47. The van der Waals surface area contributed by atoms with Gasteiger partial charge in [0, 0.05) is 22.3 Å². The highest BCUT2D eigenvalue weighted by Crippen LogP contribution is 2.29. The van der Waals surface area contributed by atoms with E-state index < -0.39 is 12.6 Å². The van der Waals surface area contributed by atoms with Gasteiger partial charge in [0.05, 0.1) is 27.8 Å². The van der Waals surface area contributed by atoms with Gasteiger partial charge < -0.3 is 9.88 Å². The third kappa shape index (κ3) is 3.97. The number of halogens is 2. The minimum atomic E-state index is -2.75. The first-order chi connectivity index (χ1) is 14.8. The van der Waals surface area contributed by atoms with E-state index in [1.807, 2.05) is 36.8 Å². The summed E-state index contributed by atoms with van der Waals surface area (Å²) in [6, 6.07) is 8.05. The van der Waals surface area contributed by atoms with E-state index in [0.717, 1.165) is 32.2 Å². The number of imidazole rings is 1. The van der Waals surface area contributed by atoms with Gasteiger partial charge >= 0.3 is 6.55 Å². The van der Waals surface area contributed by atoms with Crippen molar-refractivity contribution in [3.8, 4) is 11.3 Å². The summed E-state index contributed by atoms with van der Waals surface area (Å²) in [7, 11) is 0. The van der Waals surface area contributed by atoms with Crippen LogP contribution in [-0.4, -0.2) is 25.0 Å². The highest BCUT2D eigenvalue weighted by molar-refractivity contribution is 7.09. The summed E-state index contributed by atoms with van der Waals surface area (Å²) in [5, 5.41) is 5.80. The number of hydrogen-bond donors (Lipinski definition) is 1. The number of benzene rings is 1. The van der Waals surface area contributed by atoms with Gasteiger partial charge in [-0.2, -0.15) is 8.78 Å². The van der Waals surface area contributed by atoms with Crippen molar-refractivity contribution >= 4 is 28.3 Å². The maximum Gasteiger partial charge on any atom is 0.320 e. The number of nitrogens with zero attached hydrogens (tertiary/aromatic N) is 4. The van der Waals surface area contributed by atoms with Crippen LogP contribution in [0.4, 0.5) is 8.78 Å².